The normalized spacial score (nSPS) is 35.7. The summed E-state index contributed by atoms with van der Waals surface area (Å²) in [5.74, 6) is -7.28. The zero-order valence-corrected chi connectivity index (χ0v) is 16.6. The van der Waals surface area contributed by atoms with E-state index in [1.54, 1.807) is 31.1 Å². The van der Waals surface area contributed by atoms with E-state index in [0.717, 1.165) is 0 Å². The summed E-state index contributed by atoms with van der Waals surface area (Å²) in [5, 5.41) is 43.2. The van der Waals surface area contributed by atoms with Crippen LogP contribution in [0.2, 0.25) is 0 Å². The van der Waals surface area contributed by atoms with E-state index in [2.05, 4.69) is 0 Å². The van der Waals surface area contributed by atoms with Crippen molar-refractivity contribution in [1.82, 2.24) is 4.90 Å². The molecule has 1 aromatic rings. The fraction of sp³-hybridized carbons (Fsp3) is 0.476. The van der Waals surface area contributed by atoms with E-state index in [-0.39, 0.29) is 23.3 Å². The molecule has 2 saturated carbocycles. The quantitative estimate of drug-likeness (QED) is 0.389. The van der Waals surface area contributed by atoms with E-state index in [0.29, 0.717) is 12.0 Å². The lowest BCUT2D eigenvalue weighted by atomic mass is 9.54. The van der Waals surface area contributed by atoms with Crippen LogP contribution in [0.3, 0.4) is 0 Å². The zero-order valence-electron chi connectivity index (χ0n) is 16.6. The van der Waals surface area contributed by atoms with Crippen LogP contribution in [0.25, 0.3) is 5.76 Å². The van der Waals surface area contributed by atoms with Gasteiger partial charge in [-0.05, 0) is 44.5 Å². The molecule has 1 amide bonds. The maximum Gasteiger partial charge on any atom is 0.230 e. The predicted molar refractivity (Wildman–Crippen MR) is 104 cm³/mol. The number of nitrogens with zero attached hydrogens (tertiary/aromatic N) is 1. The van der Waals surface area contributed by atoms with Crippen LogP contribution < -0.4 is 5.73 Å². The first-order valence-electron chi connectivity index (χ1n) is 9.71. The van der Waals surface area contributed by atoms with Gasteiger partial charge in [-0.25, -0.2) is 0 Å². The standard InChI is InChI=1S/C21H24N2O7/c1-23(2)15-10-7-9-6-8-4-3-5-11(24)12(8)16(25)13(9)18(27)21(10,30)19(28)14(17(15)26)20(22)29/h3-5,9-10,14-15,17,24-26,30H,6-7H2,1-2H3,(H2,22,29)/t9?,10?,14?,15-,17?,21-/m0/s1. The number of ketones is 2. The summed E-state index contributed by atoms with van der Waals surface area (Å²) in [7, 11) is 3.23. The van der Waals surface area contributed by atoms with Gasteiger partial charge in [0, 0.05) is 17.5 Å². The van der Waals surface area contributed by atoms with Gasteiger partial charge >= 0.3 is 0 Å². The van der Waals surface area contributed by atoms with Crippen LogP contribution in [-0.4, -0.2) is 74.6 Å². The number of carbonyl (C=O) groups excluding carboxylic acids is 3. The summed E-state index contributed by atoms with van der Waals surface area (Å²) in [6, 6.07) is 3.83. The van der Waals surface area contributed by atoms with Crippen LogP contribution >= 0.6 is 0 Å². The monoisotopic (exact) mass is 416 g/mol. The third-order valence-electron chi connectivity index (χ3n) is 6.83. The third kappa shape index (κ3) is 2.49. The van der Waals surface area contributed by atoms with Crippen molar-refractivity contribution >= 4 is 23.2 Å². The molecule has 3 aliphatic rings. The average Bonchev–Trinajstić information content (AvgIpc) is 2.64. The minimum Gasteiger partial charge on any atom is -0.507 e. The highest BCUT2D eigenvalue weighted by atomic mass is 16.3. The Balaban J connectivity index is 1.92. The van der Waals surface area contributed by atoms with Crippen LogP contribution in [0.1, 0.15) is 17.5 Å². The molecule has 0 heterocycles. The third-order valence-corrected chi connectivity index (χ3v) is 6.83. The van der Waals surface area contributed by atoms with Crippen LogP contribution in [0.5, 0.6) is 5.75 Å². The molecule has 0 bridgehead atoms. The van der Waals surface area contributed by atoms with E-state index in [4.69, 9.17) is 5.73 Å². The smallest absolute Gasteiger partial charge is 0.230 e. The Bertz CT molecular complexity index is 1000. The van der Waals surface area contributed by atoms with Crippen molar-refractivity contribution in [3.05, 3.63) is 34.9 Å². The topological polar surface area (TPSA) is 161 Å². The Hall–Kier alpha value is -2.75. The summed E-state index contributed by atoms with van der Waals surface area (Å²) in [5.41, 5.74) is 3.30. The molecule has 9 nitrogen and oxygen atoms in total. The predicted octanol–water partition coefficient (Wildman–Crippen LogP) is -0.871. The molecule has 30 heavy (non-hydrogen) atoms. The van der Waals surface area contributed by atoms with Gasteiger partial charge in [0.25, 0.3) is 0 Å². The lowest BCUT2D eigenvalue weighted by Crippen LogP contribution is -2.73. The number of likely N-dealkylation sites (N-methyl/N-ethyl adjacent to an activating group) is 1. The molecule has 6 N–H and O–H groups in total. The van der Waals surface area contributed by atoms with Gasteiger partial charge in [0.1, 0.15) is 17.4 Å². The molecule has 4 unspecified atom stereocenters. The maximum absolute atomic E-state index is 13.5. The second-order valence-corrected chi connectivity index (χ2v) is 8.60. The molecule has 0 aromatic heterocycles. The number of hydrogen-bond acceptors (Lipinski definition) is 8. The summed E-state index contributed by atoms with van der Waals surface area (Å²) >= 11 is 0. The van der Waals surface area contributed by atoms with Crippen molar-refractivity contribution in [3.63, 3.8) is 0 Å². The lowest BCUT2D eigenvalue weighted by Gasteiger charge is -2.53. The van der Waals surface area contributed by atoms with Crippen LogP contribution in [0.4, 0.5) is 0 Å². The highest BCUT2D eigenvalue weighted by Gasteiger charge is 2.67. The Morgan fingerprint density at radius 2 is 1.90 bits per heavy atom. The molecule has 0 saturated heterocycles. The SMILES string of the molecule is CN(C)[C@@H]1C(O)C(C(N)=O)C(=O)[C@@]2(O)C(=O)C3=C(O)c4c(O)cccc4CC3CC12. The maximum atomic E-state index is 13.5. The summed E-state index contributed by atoms with van der Waals surface area (Å²) in [6.45, 7) is 0. The number of aromatic hydroxyl groups is 1. The number of fused-ring (bicyclic) bond motifs is 3. The second-order valence-electron chi connectivity index (χ2n) is 8.60. The number of amides is 1. The molecular formula is C21H24N2O7. The average molecular weight is 416 g/mol. The second kappa shape index (κ2) is 6.63. The molecule has 0 spiro atoms. The number of primary amides is 1. The number of carbonyl (C=O) groups is 3. The van der Waals surface area contributed by atoms with Gasteiger partial charge in [0.15, 0.2) is 11.4 Å². The van der Waals surface area contributed by atoms with E-state index < -0.39 is 58.7 Å². The van der Waals surface area contributed by atoms with Gasteiger partial charge in [0.2, 0.25) is 11.7 Å². The fourth-order valence-corrected chi connectivity index (χ4v) is 5.54. The molecule has 0 radical (unpaired) electrons. The lowest BCUT2D eigenvalue weighted by molar-refractivity contribution is -0.184. The van der Waals surface area contributed by atoms with E-state index in [1.807, 2.05) is 0 Å². The van der Waals surface area contributed by atoms with Gasteiger partial charge in [0.05, 0.1) is 11.7 Å². The molecule has 160 valence electrons. The van der Waals surface area contributed by atoms with Crippen molar-refractivity contribution in [2.75, 3.05) is 14.1 Å². The Morgan fingerprint density at radius 3 is 2.50 bits per heavy atom. The number of phenols is 1. The largest absolute Gasteiger partial charge is 0.507 e. The molecule has 2 fully saturated rings. The van der Waals surface area contributed by atoms with Crippen molar-refractivity contribution in [2.24, 2.45) is 23.5 Å². The first-order chi connectivity index (χ1) is 14.0. The van der Waals surface area contributed by atoms with Gasteiger partial charge in [-0.15, -0.1) is 0 Å². The summed E-state index contributed by atoms with van der Waals surface area (Å²) < 4.78 is 0. The number of Topliss-reactive ketones (excluding diaryl/α,β-unsaturated/α-hetero) is 2. The molecule has 9 heteroatoms. The number of hydrogen-bond donors (Lipinski definition) is 5. The Labute approximate surface area is 172 Å². The fourth-order valence-electron chi connectivity index (χ4n) is 5.54. The number of benzene rings is 1. The molecule has 1 aromatic carbocycles. The number of aliphatic hydroxyl groups is 3. The molecule has 4 rings (SSSR count). The van der Waals surface area contributed by atoms with Crippen molar-refractivity contribution in [1.29, 1.82) is 0 Å². The first kappa shape index (κ1) is 20.5. The highest BCUT2D eigenvalue weighted by molar-refractivity contribution is 6.24. The van der Waals surface area contributed by atoms with Crippen LogP contribution in [0, 0.1) is 17.8 Å². The highest BCUT2D eigenvalue weighted by Crippen LogP contribution is 2.51. The Kier molecular flexibility index (Phi) is 4.53. The van der Waals surface area contributed by atoms with Gasteiger partial charge in [-0.1, -0.05) is 12.1 Å². The van der Waals surface area contributed by atoms with E-state index in [9.17, 15) is 34.8 Å². The molecular weight excluding hydrogens is 392 g/mol. The van der Waals surface area contributed by atoms with Gasteiger partial charge < -0.3 is 31.1 Å². The van der Waals surface area contributed by atoms with Gasteiger partial charge in [-0.2, -0.15) is 0 Å². The van der Waals surface area contributed by atoms with E-state index >= 15 is 0 Å². The van der Waals surface area contributed by atoms with Crippen molar-refractivity contribution < 1.29 is 34.8 Å². The van der Waals surface area contributed by atoms with Crippen LogP contribution in [0.15, 0.2) is 23.8 Å². The molecule has 6 atom stereocenters. The number of nitrogens with two attached hydrogens (primary N) is 1. The number of aliphatic hydroxyl groups excluding tert-OH is 2. The number of rotatable bonds is 2. The minimum atomic E-state index is -2.62. The number of phenolic OH excluding ortho intramolecular Hbond substituents is 1. The Morgan fingerprint density at radius 1 is 1.23 bits per heavy atom. The van der Waals surface area contributed by atoms with Crippen molar-refractivity contribution in [3.8, 4) is 5.75 Å². The zero-order chi connectivity index (χ0) is 22.1. The minimum absolute atomic E-state index is 0.0954. The van der Waals surface area contributed by atoms with Gasteiger partial charge in [-0.3, -0.25) is 14.4 Å². The summed E-state index contributed by atoms with van der Waals surface area (Å²) in [6.07, 6.45) is -1.05. The summed E-state index contributed by atoms with van der Waals surface area (Å²) in [4.78, 5) is 40.1. The molecule has 3 aliphatic carbocycles. The van der Waals surface area contributed by atoms with E-state index in [1.165, 1.54) is 6.07 Å². The van der Waals surface area contributed by atoms with Crippen LogP contribution in [-0.2, 0) is 20.8 Å². The molecule has 0 aliphatic heterocycles. The van der Waals surface area contributed by atoms with Crippen molar-refractivity contribution in [2.45, 2.75) is 30.6 Å². The first-order valence-corrected chi connectivity index (χ1v) is 9.71.